The van der Waals surface area contributed by atoms with Crippen LogP contribution in [0.2, 0.25) is 0 Å². The summed E-state index contributed by atoms with van der Waals surface area (Å²) in [5.41, 5.74) is 4.62. The van der Waals surface area contributed by atoms with Crippen molar-refractivity contribution in [3.63, 3.8) is 0 Å². The lowest BCUT2D eigenvalue weighted by Crippen LogP contribution is -2.40. The molecule has 1 aliphatic rings. The molecule has 0 amide bonds. The predicted molar refractivity (Wildman–Crippen MR) is 91.4 cm³/mol. The maximum absolute atomic E-state index is 5.33. The van der Waals surface area contributed by atoms with E-state index in [1.165, 1.54) is 44.9 Å². The molecule has 2 rings (SSSR count). The van der Waals surface area contributed by atoms with Crippen molar-refractivity contribution in [2.75, 3.05) is 0 Å². The van der Waals surface area contributed by atoms with Crippen LogP contribution >= 0.6 is 12.2 Å². The summed E-state index contributed by atoms with van der Waals surface area (Å²) < 4.78 is 0. The van der Waals surface area contributed by atoms with E-state index in [0.717, 1.165) is 11.4 Å². The van der Waals surface area contributed by atoms with E-state index in [0.29, 0.717) is 11.2 Å². The highest BCUT2D eigenvalue weighted by Crippen LogP contribution is 2.16. The van der Waals surface area contributed by atoms with Crippen LogP contribution < -0.4 is 10.7 Å². The van der Waals surface area contributed by atoms with Crippen LogP contribution in [-0.2, 0) is 0 Å². The van der Waals surface area contributed by atoms with Crippen molar-refractivity contribution in [3.8, 4) is 0 Å². The highest BCUT2D eigenvalue weighted by atomic mass is 32.1. The third-order valence-electron chi connectivity index (χ3n) is 3.80. The molecule has 5 heteroatoms. The van der Waals surface area contributed by atoms with Crippen molar-refractivity contribution in [1.29, 1.82) is 0 Å². The van der Waals surface area contributed by atoms with E-state index < -0.39 is 0 Å². The van der Waals surface area contributed by atoms with Crippen molar-refractivity contribution in [2.45, 2.75) is 57.9 Å². The van der Waals surface area contributed by atoms with Gasteiger partial charge in [-0.15, -0.1) is 0 Å². The van der Waals surface area contributed by atoms with Gasteiger partial charge in [0.25, 0.3) is 0 Å². The number of nitrogens with one attached hydrogen (secondary N) is 2. The Bertz CT molecular complexity index is 464. The topological polar surface area (TPSA) is 49.3 Å². The van der Waals surface area contributed by atoms with Crippen molar-refractivity contribution in [2.24, 2.45) is 5.10 Å². The van der Waals surface area contributed by atoms with E-state index in [1.807, 2.05) is 25.1 Å². The Balaban J connectivity index is 1.81. The summed E-state index contributed by atoms with van der Waals surface area (Å²) in [6.45, 7) is 1.92. The third-order valence-corrected chi connectivity index (χ3v) is 4.01. The minimum Gasteiger partial charge on any atom is -0.359 e. The van der Waals surface area contributed by atoms with Gasteiger partial charge < -0.3 is 5.32 Å². The number of hydrazone groups is 1. The number of hydrogen-bond acceptors (Lipinski definition) is 3. The lowest BCUT2D eigenvalue weighted by atomic mass is 9.97. The number of nitrogens with zero attached hydrogens (tertiary/aromatic N) is 2. The molecule has 0 aliphatic heterocycles. The highest BCUT2D eigenvalue weighted by Gasteiger charge is 2.11. The van der Waals surface area contributed by atoms with Crippen LogP contribution in [0.15, 0.2) is 29.5 Å². The van der Waals surface area contributed by atoms with Crippen molar-refractivity contribution >= 4 is 23.0 Å². The molecule has 21 heavy (non-hydrogen) atoms. The summed E-state index contributed by atoms with van der Waals surface area (Å²) in [6.07, 6.45) is 10.8. The van der Waals surface area contributed by atoms with Crippen LogP contribution in [0.4, 0.5) is 0 Å². The molecule has 114 valence electrons. The van der Waals surface area contributed by atoms with Gasteiger partial charge in [-0.1, -0.05) is 38.2 Å². The fourth-order valence-electron chi connectivity index (χ4n) is 2.59. The highest BCUT2D eigenvalue weighted by molar-refractivity contribution is 7.80. The molecule has 0 bridgehead atoms. The summed E-state index contributed by atoms with van der Waals surface area (Å²) in [5, 5.41) is 8.30. The normalized spacial score (nSPS) is 17.7. The minimum absolute atomic E-state index is 0.482. The van der Waals surface area contributed by atoms with Crippen molar-refractivity contribution in [3.05, 3.63) is 30.1 Å². The molecule has 0 saturated heterocycles. The van der Waals surface area contributed by atoms with Gasteiger partial charge in [0.15, 0.2) is 5.11 Å². The van der Waals surface area contributed by atoms with Crippen LogP contribution in [0.3, 0.4) is 0 Å². The Morgan fingerprint density at radius 2 is 1.90 bits per heavy atom. The van der Waals surface area contributed by atoms with Crippen molar-refractivity contribution < 1.29 is 0 Å². The molecule has 1 aromatic heterocycles. The smallest absolute Gasteiger partial charge is 0.187 e. The summed E-state index contributed by atoms with van der Waals surface area (Å²) in [4.78, 5) is 4.26. The molecule has 0 radical (unpaired) electrons. The predicted octanol–water partition coefficient (Wildman–Crippen LogP) is 3.38. The SMILES string of the molecule is C/C(=N\NC(=S)NC1CCCCCCC1)c1ccccn1. The van der Waals surface area contributed by atoms with Gasteiger partial charge in [0.05, 0.1) is 11.4 Å². The molecular weight excluding hydrogens is 280 g/mol. The van der Waals surface area contributed by atoms with Gasteiger partial charge in [-0.05, 0) is 44.1 Å². The lowest BCUT2D eigenvalue weighted by Gasteiger charge is -2.22. The zero-order chi connectivity index (χ0) is 14.9. The second-order valence-electron chi connectivity index (χ2n) is 5.54. The van der Waals surface area contributed by atoms with Crippen LogP contribution in [0.1, 0.15) is 57.6 Å². The zero-order valence-corrected chi connectivity index (χ0v) is 13.5. The van der Waals surface area contributed by atoms with Gasteiger partial charge in [-0.3, -0.25) is 10.4 Å². The third kappa shape index (κ3) is 5.79. The maximum atomic E-state index is 5.33. The fourth-order valence-corrected chi connectivity index (χ4v) is 2.80. The molecule has 1 aromatic rings. The molecule has 1 fully saturated rings. The van der Waals surface area contributed by atoms with Crippen molar-refractivity contribution in [1.82, 2.24) is 15.7 Å². The average molecular weight is 304 g/mol. The number of pyridine rings is 1. The van der Waals surface area contributed by atoms with Gasteiger partial charge in [-0.25, -0.2) is 0 Å². The Kier molecular flexibility index (Phi) is 6.60. The summed E-state index contributed by atoms with van der Waals surface area (Å²) in [7, 11) is 0. The van der Waals surface area contributed by atoms with Crippen LogP contribution in [0.5, 0.6) is 0 Å². The molecule has 0 spiro atoms. The second-order valence-corrected chi connectivity index (χ2v) is 5.95. The standard InChI is InChI=1S/C16H24N4S/c1-13(15-11-7-8-12-17-15)19-20-16(21)18-14-9-5-3-2-4-6-10-14/h7-8,11-12,14H,2-6,9-10H2,1H3,(H2,18,20,21)/b19-13+. The monoisotopic (exact) mass is 304 g/mol. The first-order valence-corrected chi connectivity index (χ1v) is 8.19. The molecule has 2 N–H and O–H groups in total. The van der Waals surface area contributed by atoms with Gasteiger partial charge in [0.2, 0.25) is 0 Å². The Morgan fingerprint density at radius 1 is 1.19 bits per heavy atom. The lowest BCUT2D eigenvalue weighted by molar-refractivity contribution is 0.427. The van der Waals surface area contributed by atoms with E-state index in [9.17, 15) is 0 Å². The van der Waals surface area contributed by atoms with E-state index in [2.05, 4.69) is 20.8 Å². The van der Waals surface area contributed by atoms with Gasteiger partial charge in [0.1, 0.15) is 0 Å². The van der Waals surface area contributed by atoms with E-state index in [1.54, 1.807) is 6.20 Å². The molecule has 1 saturated carbocycles. The van der Waals surface area contributed by atoms with E-state index in [-0.39, 0.29) is 0 Å². The quantitative estimate of drug-likeness (QED) is 0.510. The summed E-state index contributed by atoms with van der Waals surface area (Å²) in [6, 6.07) is 6.26. The van der Waals surface area contributed by atoms with E-state index >= 15 is 0 Å². The summed E-state index contributed by atoms with van der Waals surface area (Å²) in [5.74, 6) is 0. The molecular formula is C16H24N4S. The number of thiocarbonyl (C=S) groups is 1. The van der Waals surface area contributed by atoms with Crippen LogP contribution in [0, 0.1) is 0 Å². The fraction of sp³-hybridized carbons (Fsp3) is 0.562. The van der Waals surface area contributed by atoms with Gasteiger partial charge in [0, 0.05) is 12.2 Å². The van der Waals surface area contributed by atoms with E-state index in [4.69, 9.17) is 12.2 Å². The first kappa shape index (κ1) is 15.9. The number of rotatable bonds is 3. The molecule has 0 unspecified atom stereocenters. The maximum Gasteiger partial charge on any atom is 0.187 e. The molecule has 0 aromatic carbocycles. The zero-order valence-electron chi connectivity index (χ0n) is 12.6. The Morgan fingerprint density at radius 3 is 2.57 bits per heavy atom. The molecule has 0 atom stereocenters. The molecule has 1 heterocycles. The second kappa shape index (κ2) is 8.72. The largest absolute Gasteiger partial charge is 0.359 e. The number of hydrogen-bond donors (Lipinski definition) is 2. The first-order chi connectivity index (χ1) is 10.3. The van der Waals surface area contributed by atoms with Crippen LogP contribution in [0.25, 0.3) is 0 Å². The average Bonchev–Trinajstić information content (AvgIpc) is 2.48. The Hall–Kier alpha value is -1.49. The Labute approximate surface area is 132 Å². The minimum atomic E-state index is 0.482. The molecule has 4 nitrogen and oxygen atoms in total. The molecule has 1 aliphatic carbocycles. The van der Waals surface area contributed by atoms with Gasteiger partial charge in [-0.2, -0.15) is 5.10 Å². The number of aromatic nitrogens is 1. The van der Waals surface area contributed by atoms with Crippen LogP contribution in [-0.4, -0.2) is 21.8 Å². The summed E-state index contributed by atoms with van der Waals surface area (Å²) >= 11 is 5.33. The first-order valence-electron chi connectivity index (χ1n) is 7.78. The van der Waals surface area contributed by atoms with Gasteiger partial charge >= 0.3 is 0 Å².